The molecular formula is C33H31ClN2O4S. The molecule has 1 aromatic heterocycles. The van der Waals surface area contributed by atoms with E-state index in [0.717, 1.165) is 33.3 Å². The fourth-order valence-corrected chi connectivity index (χ4v) is 6.85. The van der Waals surface area contributed by atoms with Crippen LogP contribution in [0.15, 0.2) is 108 Å². The summed E-state index contributed by atoms with van der Waals surface area (Å²) in [6, 6.07) is 32.0. The molecule has 4 aromatic carbocycles. The molecule has 2 N–H and O–H groups in total. The number of aromatic nitrogens is 1. The van der Waals surface area contributed by atoms with Crippen molar-refractivity contribution in [2.75, 3.05) is 19.4 Å². The van der Waals surface area contributed by atoms with Crippen molar-refractivity contribution < 1.29 is 17.9 Å². The van der Waals surface area contributed by atoms with Gasteiger partial charge in [-0.1, -0.05) is 72.3 Å². The average Bonchev–Trinajstić information content (AvgIpc) is 3.29. The van der Waals surface area contributed by atoms with E-state index in [4.69, 9.17) is 22.1 Å². The predicted molar refractivity (Wildman–Crippen MR) is 163 cm³/mol. The molecule has 0 spiro atoms. The van der Waals surface area contributed by atoms with Crippen LogP contribution in [-0.4, -0.2) is 38.4 Å². The maximum atomic E-state index is 13.4. The zero-order valence-corrected chi connectivity index (χ0v) is 24.2. The van der Waals surface area contributed by atoms with Crippen molar-refractivity contribution in [2.24, 2.45) is 5.73 Å². The van der Waals surface area contributed by atoms with Gasteiger partial charge in [-0.15, -0.1) is 0 Å². The van der Waals surface area contributed by atoms with Crippen molar-refractivity contribution in [1.82, 2.24) is 4.57 Å². The summed E-state index contributed by atoms with van der Waals surface area (Å²) in [5.41, 5.74) is 11.5. The van der Waals surface area contributed by atoms with Crippen LogP contribution in [0, 0.1) is 0 Å². The first kappa shape index (κ1) is 28.6. The number of methoxy groups -OCH3 is 1. The minimum absolute atomic E-state index is 0.116. The fourth-order valence-electron chi connectivity index (χ4n) is 5.42. The predicted octanol–water partition coefficient (Wildman–Crippen LogP) is 6.24. The number of hydrogen-bond donors (Lipinski definition) is 1. The zero-order chi connectivity index (χ0) is 29.0. The molecule has 210 valence electrons. The highest BCUT2D eigenvalue weighted by Gasteiger charge is 2.26. The van der Waals surface area contributed by atoms with E-state index in [-0.39, 0.29) is 23.1 Å². The van der Waals surface area contributed by atoms with Crippen molar-refractivity contribution in [3.8, 4) is 0 Å². The summed E-state index contributed by atoms with van der Waals surface area (Å²) < 4.78 is 33.9. The van der Waals surface area contributed by atoms with Gasteiger partial charge in [0, 0.05) is 28.0 Å². The van der Waals surface area contributed by atoms with Gasteiger partial charge in [-0.05, 0) is 72.1 Å². The Hall–Kier alpha value is -3.91. The monoisotopic (exact) mass is 586 g/mol. The molecule has 0 aliphatic heterocycles. The Morgan fingerprint density at radius 3 is 2.05 bits per heavy atom. The van der Waals surface area contributed by atoms with E-state index in [1.165, 1.54) is 31.4 Å². The highest BCUT2D eigenvalue weighted by Crippen LogP contribution is 2.38. The van der Waals surface area contributed by atoms with Crippen molar-refractivity contribution in [3.63, 3.8) is 0 Å². The molecule has 0 aliphatic carbocycles. The van der Waals surface area contributed by atoms with Crippen molar-refractivity contribution in [3.05, 3.63) is 136 Å². The van der Waals surface area contributed by atoms with Crippen molar-refractivity contribution in [2.45, 2.75) is 23.8 Å². The number of benzene rings is 4. The van der Waals surface area contributed by atoms with E-state index in [1.807, 2.05) is 54.6 Å². The van der Waals surface area contributed by atoms with Crippen LogP contribution in [0.5, 0.6) is 0 Å². The average molecular weight is 587 g/mol. The first-order chi connectivity index (χ1) is 19.8. The Labute approximate surface area is 245 Å². The minimum atomic E-state index is -3.66. The smallest absolute Gasteiger partial charge is 0.337 e. The van der Waals surface area contributed by atoms with Crippen molar-refractivity contribution in [1.29, 1.82) is 0 Å². The number of ether oxygens (including phenoxy) is 1. The second kappa shape index (κ2) is 12.3. The number of hydrogen-bond acceptors (Lipinski definition) is 5. The Kier molecular flexibility index (Phi) is 8.59. The largest absolute Gasteiger partial charge is 0.465 e. The van der Waals surface area contributed by atoms with E-state index in [0.29, 0.717) is 23.6 Å². The van der Waals surface area contributed by atoms with Crippen LogP contribution in [0.1, 0.15) is 38.8 Å². The Balaban J connectivity index is 1.63. The van der Waals surface area contributed by atoms with Crippen LogP contribution in [0.2, 0.25) is 5.02 Å². The number of fused-ring (bicyclic) bond motifs is 1. The summed E-state index contributed by atoms with van der Waals surface area (Å²) >= 11 is 6.49. The van der Waals surface area contributed by atoms with Gasteiger partial charge in [0.05, 0.1) is 29.4 Å². The number of aryl methyl sites for hydroxylation is 1. The molecule has 0 saturated heterocycles. The standard InChI is InChI=1S/C33H31ClN2O4S/c1-40-33(37)25-12-15-27(16-13-25)41(38,39)21-19-28-29-22-26(34)14-17-30(29)36(31(28)18-20-35)32(23-8-4-2-5-9-23)24-10-6-3-7-11-24/h2-17,22,32H,18-21,35H2,1H3. The van der Waals surface area contributed by atoms with Crippen LogP contribution in [-0.2, 0) is 27.4 Å². The molecule has 0 atom stereocenters. The molecule has 0 aliphatic rings. The van der Waals surface area contributed by atoms with Gasteiger partial charge < -0.3 is 15.0 Å². The number of carbonyl (C=O) groups is 1. The number of carbonyl (C=O) groups excluding carboxylic acids is 1. The Morgan fingerprint density at radius 1 is 0.878 bits per heavy atom. The minimum Gasteiger partial charge on any atom is -0.465 e. The summed E-state index contributed by atoms with van der Waals surface area (Å²) in [5, 5.41) is 1.49. The molecule has 8 heteroatoms. The van der Waals surface area contributed by atoms with E-state index in [2.05, 4.69) is 28.8 Å². The molecule has 0 unspecified atom stereocenters. The van der Waals surface area contributed by atoms with Crippen LogP contribution < -0.4 is 5.73 Å². The molecule has 0 radical (unpaired) electrons. The maximum absolute atomic E-state index is 13.4. The quantitative estimate of drug-likeness (QED) is 0.196. The van der Waals surface area contributed by atoms with Crippen LogP contribution in [0.4, 0.5) is 0 Å². The summed E-state index contributed by atoms with van der Waals surface area (Å²) in [4.78, 5) is 12.0. The summed E-state index contributed by atoms with van der Waals surface area (Å²) in [6.07, 6.45) is 0.836. The molecule has 0 bridgehead atoms. The molecule has 5 rings (SSSR count). The highest BCUT2D eigenvalue weighted by atomic mass is 35.5. The first-order valence-corrected chi connectivity index (χ1v) is 15.4. The summed E-state index contributed by atoms with van der Waals surface area (Å²) in [6.45, 7) is 0.398. The van der Waals surface area contributed by atoms with Gasteiger partial charge in [0.2, 0.25) is 0 Å². The van der Waals surface area contributed by atoms with E-state index >= 15 is 0 Å². The SMILES string of the molecule is COC(=O)c1ccc(S(=O)(=O)CCc2c(CCN)n(C(c3ccccc3)c3ccccc3)c3ccc(Cl)cc23)cc1. The third-order valence-corrected chi connectivity index (χ3v) is 9.27. The molecular weight excluding hydrogens is 556 g/mol. The lowest BCUT2D eigenvalue weighted by molar-refractivity contribution is 0.0600. The van der Waals surface area contributed by atoms with Gasteiger partial charge in [0.15, 0.2) is 9.84 Å². The Bertz CT molecular complexity index is 1730. The molecule has 0 amide bonds. The fraction of sp³-hybridized carbons (Fsp3) is 0.182. The molecule has 0 saturated carbocycles. The lowest BCUT2D eigenvalue weighted by Crippen LogP contribution is -2.18. The van der Waals surface area contributed by atoms with Gasteiger partial charge >= 0.3 is 5.97 Å². The lowest BCUT2D eigenvalue weighted by atomic mass is 9.97. The highest BCUT2D eigenvalue weighted by molar-refractivity contribution is 7.91. The second-order valence-electron chi connectivity index (χ2n) is 9.80. The van der Waals surface area contributed by atoms with E-state index < -0.39 is 15.8 Å². The topological polar surface area (TPSA) is 91.4 Å². The third-order valence-electron chi connectivity index (χ3n) is 7.31. The van der Waals surface area contributed by atoms with E-state index in [1.54, 1.807) is 0 Å². The zero-order valence-electron chi connectivity index (χ0n) is 22.7. The van der Waals surface area contributed by atoms with Gasteiger partial charge in [-0.25, -0.2) is 13.2 Å². The van der Waals surface area contributed by atoms with Gasteiger partial charge in [-0.3, -0.25) is 0 Å². The number of rotatable bonds is 10. The van der Waals surface area contributed by atoms with Gasteiger partial charge in [0.1, 0.15) is 0 Å². The van der Waals surface area contributed by atoms with Crippen LogP contribution in [0.3, 0.4) is 0 Å². The molecule has 41 heavy (non-hydrogen) atoms. The van der Waals surface area contributed by atoms with Gasteiger partial charge in [0.25, 0.3) is 0 Å². The van der Waals surface area contributed by atoms with Crippen LogP contribution >= 0.6 is 11.6 Å². The van der Waals surface area contributed by atoms with Gasteiger partial charge in [-0.2, -0.15) is 0 Å². The maximum Gasteiger partial charge on any atom is 0.337 e. The number of halogens is 1. The summed E-state index contributed by atoms with van der Waals surface area (Å²) in [7, 11) is -2.37. The second-order valence-corrected chi connectivity index (χ2v) is 12.3. The molecule has 1 heterocycles. The number of sulfone groups is 1. The first-order valence-electron chi connectivity index (χ1n) is 13.4. The van der Waals surface area contributed by atoms with E-state index in [9.17, 15) is 13.2 Å². The number of esters is 1. The number of nitrogens with zero attached hydrogens (tertiary/aromatic N) is 1. The van der Waals surface area contributed by atoms with Crippen LogP contribution in [0.25, 0.3) is 10.9 Å². The van der Waals surface area contributed by atoms with Crippen molar-refractivity contribution >= 4 is 38.3 Å². The third kappa shape index (κ3) is 5.93. The lowest BCUT2D eigenvalue weighted by Gasteiger charge is -2.25. The molecule has 0 fully saturated rings. The molecule has 6 nitrogen and oxygen atoms in total. The normalized spacial score (nSPS) is 11.7. The number of nitrogens with two attached hydrogens (primary N) is 1. The Morgan fingerprint density at radius 2 is 1.49 bits per heavy atom. The summed E-state index contributed by atoms with van der Waals surface area (Å²) in [5.74, 6) is -0.633. The molecule has 5 aromatic rings.